The van der Waals surface area contributed by atoms with Crippen molar-refractivity contribution in [3.8, 4) is 11.3 Å². The van der Waals surface area contributed by atoms with Gasteiger partial charge < -0.3 is 14.8 Å². The van der Waals surface area contributed by atoms with Gasteiger partial charge in [0.25, 0.3) is 0 Å². The molecule has 1 fully saturated rings. The third-order valence-corrected chi connectivity index (χ3v) is 7.88. The van der Waals surface area contributed by atoms with Crippen molar-refractivity contribution in [2.45, 2.75) is 45.7 Å². The van der Waals surface area contributed by atoms with Crippen molar-refractivity contribution in [2.24, 2.45) is 5.92 Å². The standard InChI is InChI=1S/C29H34F2N8/c1-17(19-5-6-19)39-18(2)33-28-22(30)13-21(14-25(28)39)27-23(31)15-32-29(36-27)35-26-8-7-20-16-38(12-11-37(3)4)10-9-24(20)34-26/h7-8,13-15,17,19H,5-6,9-12,16H2,1-4H3,(H,32,34,35,36). The first kappa shape index (κ1) is 25.8. The van der Waals surface area contributed by atoms with Gasteiger partial charge in [-0.2, -0.15) is 0 Å². The summed E-state index contributed by atoms with van der Waals surface area (Å²) in [4.78, 5) is 22.4. The summed E-state index contributed by atoms with van der Waals surface area (Å²) in [6.07, 6.45) is 4.29. The molecule has 4 heterocycles. The van der Waals surface area contributed by atoms with Gasteiger partial charge in [-0.1, -0.05) is 6.07 Å². The number of hydrogen-bond acceptors (Lipinski definition) is 7. The van der Waals surface area contributed by atoms with E-state index in [2.05, 4.69) is 61.7 Å². The van der Waals surface area contributed by atoms with Crippen LogP contribution in [0.4, 0.5) is 20.5 Å². The maximum absolute atomic E-state index is 15.2. The molecule has 0 bridgehead atoms. The van der Waals surface area contributed by atoms with Crippen LogP contribution in [0.1, 0.15) is 42.9 Å². The highest BCUT2D eigenvalue weighted by atomic mass is 19.1. The van der Waals surface area contributed by atoms with Gasteiger partial charge in [0.15, 0.2) is 11.6 Å². The molecule has 1 aromatic carbocycles. The largest absolute Gasteiger partial charge is 0.325 e. The molecule has 1 atom stereocenters. The minimum atomic E-state index is -0.617. The fourth-order valence-electron chi connectivity index (χ4n) is 5.53. The first-order chi connectivity index (χ1) is 18.8. The quantitative estimate of drug-likeness (QED) is 0.338. The molecule has 1 aliphatic carbocycles. The Hall–Kier alpha value is -3.50. The molecule has 4 aromatic rings. The Balaban J connectivity index is 1.27. The van der Waals surface area contributed by atoms with E-state index in [1.807, 2.05) is 13.0 Å². The van der Waals surface area contributed by atoms with Crippen molar-refractivity contribution in [3.05, 3.63) is 59.2 Å². The molecule has 2 aliphatic rings. The summed E-state index contributed by atoms with van der Waals surface area (Å²) in [6.45, 7) is 7.89. The van der Waals surface area contributed by atoms with Crippen LogP contribution in [0.5, 0.6) is 0 Å². The predicted octanol–water partition coefficient (Wildman–Crippen LogP) is 5.11. The predicted molar refractivity (Wildman–Crippen MR) is 148 cm³/mol. The van der Waals surface area contributed by atoms with E-state index in [4.69, 9.17) is 4.98 Å². The van der Waals surface area contributed by atoms with Crippen LogP contribution in [-0.4, -0.2) is 68.0 Å². The number of aryl methyl sites for hydroxylation is 1. The highest BCUT2D eigenvalue weighted by molar-refractivity contribution is 5.83. The van der Waals surface area contributed by atoms with Crippen LogP contribution in [0.2, 0.25) is 0 Å². The number of likely N-dealkylation sites (N-methyl/N-ethyl adjacent to an activating group) is 1. The number of aromatic nitrogens is 5. The molecule has 1 N–H and O–H groups in total. The number of nitrogens with one attached hydrogen (secondary N) is 1. The zero-order valence-corrected chi connectivity index (χ0v) is 22.9. The van der Waals surface area contributed by atoms with Crippen LogP contribution in [0.15, 0.2) is 30.5 Å². The fourth-order valence-corrected chi connectivity index (χ4v) is 5.53. The van der Waals surface area contributed by atoms with Crippen LogP contribution in [-0.2, 0) is 13.0 Å². The zero-order chi connectivity index (χ0) is 27.3. The first-order valence-corrected chi connectivity index (χ1v) is 13.6. The Labute approximate surface area is 227 Å². The Bertz CT molecular complexity index is 1530. The van der Waals surface area contributed by atoms with Crippen LogP contribution >= 0.6 is 0 Å². The Morgan fingerprint density at radius 1 is 1.10 bits per heavy atom. The molecule has 39 heavy (non-hydrogen) atoms. The van der Waals surface area contributed by atoms with Crippen molar-refractivity contribution < 1.29 is 8.78 Å². The normalized spacial score (nSPS) is 16.6. The second-order valence-corrected chi connectivity index (χ2v) is 11.1. The molecular formula is C29H34F2N8. The van der Waals surface area contributed by atoms with Gasteiger partial charge in [-0.05, 0) is 70.5 Å². The lowest BCUT2D eigenvalue weighted by atomic mass is 10.1. The van der Waals surface area contributed by atoms with Gasteiger partial charge in [-0.25, -0.2) is 28.7 Å². The molecule has 204 valence electrons. The zero-order valence-electron chi connectivity index (χ0n) is 22.9. The van der Waals surface area contributed by atoms with Gasteiger partial charge in [-0.3, -0.25) is 4.90 Å². The Kier molecular flexibility index (Phi) is 6.76. The molecule has 0 spiro atoms. The summed E-state index contributed by atoms with van der Waals surface area (Å²) in [5.74, 6) is 1.01. The number of nitrogens with zero attached hydrogens (tertiary/aromatic N) is 7. The van der Waals surface area contributed by atoms with Crippen LogP contribution < -0.4 is 5.32 Å². The molecule has 0 amide bonds. The second kappa shape index (κ2) is 10.2. The van der Waals surface area contributed by atoms with Crippen molar-refractivity contribution in [1.82, 2.24) is 34.3 Å². The number of hydrogen-bond donors (Lipinski definition) is 1. The van der Waals surface area contributed by atoms with Gasteiger partial charge in [0, 0.05) is 49.9 Å². The summed E-state index contributed by atoms with van der Waals surface area (Å²) < 4.78 is 32.2. The average molecular weight is 533 g/mol. The van der Waals surface area contributed by atoms with Gasteiger partial charge in [0.2, 0.25) is 5.95 Å². The minimum absolute atomic E-state index is 0.0345. The van der Waals surface area contributed by atoms with Gasteiger partial charge in [0.1, 0.15) is 22.9 Å². The van der Waals surface area contributed by atoms with E-state index in [0.29, 0.717) is 28.3 Å². The van der Waals surface area contributed by atoms with Gasteiger partial charge >= 0.3 is 0 Å². The highest BCUT2D eigenvalue weighted by Gasteiger charge is 2.31. The smallest absolute Gasteiger partial charge is 0.229 e. The molecule has 1 unspecified atom stereocenters. The van der Waals surface area contributed by atoms with E-state index < -0.39 is 11.6 Å². The lowest BCUT2D eigenvalue weighted by molar-refractivity contribution is 0.224. The number of rotatable bonds is 8. The SMILES string of the molecule is Cc1nc2c(F)cc(-c3nc(Nc4ccc5c(n4)CCN(CCN(C)C)C5)ncc3F)cc2n1C(C)C1CC1. The van der Waals surface area contributed by atoms with Crippen molar-refractivity contribution >= 4 is 22.8 Å². The number of anilines is 2. The number of benzene rings is 1. The lowest BCUT2D eigenvalue weighted by Crippen LogP contribution is -2.36. The third-order valence-electron chi connectivity index (χ3n) is 7.88. The van der Waals surface area contributed by atoms with Gasteiger partial charge in [0.05, 0.1) is 11.7 Å². The van der Waals surface area contributed by atoms with E-state index in [9.17, 15) is 4.39 Å². The van der Waals surface area contributed by atoms with Crippen molar-refractivity contribution in [3.63, 3.8) is 0 Å². The maximum Gasteiger partial charge on any atom is 0.229 e. The van der Waals surface area contributed by atoms with Crippen LogP contribution in [0.25, 0.3) is 22.3 Å². The van der Waals surface area contributed by atoms with Crippen molar-refractivity contribution in [2.75, 3.05) is 39.0 Å². The van der Waals surface area contributed by atoms with E-state index >= 15 is 4.39 Å². The lowest BCUT2D eigenvalue weighted by Gasteiger charge is -2.29. The molecule has 10 heteroatoms. The van der Waals surface area contributed by atoms with Crippen LogP contribution in [0.3, 0.4) is 0 Å². The summed E-state index contributed by atoms with van der Waals surface area (Å²) in [5, 5.41) is 3.12. The summed E-state index contributed by atoms with van der Waals surface area (Å²) in [7, 11) is 4.17. The van der Waals surface area contributed by atoms with E-state index in [-0.39, 0.29) is 17.7 Å². The number of halogens is 2. The van der Waals surface area contributed by atoms with E-state index in [0.717, 1.165) is 63.2 Å². The summed E-state index contributed by atoms with van der Waals surface area (Å²) >= 11 is 0. The fraction of sp³-hybridized carbons (Fsp3) is 0.448. The monoisotopic (exact) mass is 532 g/mol. The molecule has 3 aromatic heterocycles. The molecule has 0 saturated heterocycles. The molecule has 8 nitrogen and oxygen atoms in total. The van der Waals surface area contributed by atoms with Crippen LogP contribution in [0, 0.1) is 24.5 Å². The van der Waals surface area contributed by atoms with Gasteiger partial charge in [-0.15, -0.1) is 0 Å². The number of pyridine rings is 1. The Morgan fingerprint density at radius 2 is 1.92 bits per heavy atom. The second-order valence-electron chi connectivity index (χ2n) is 11.1. The Morgan fingerprint density at radius 3 is 2.69 bits per heavy atom. The maximum atomic E-state index is 15.2. The minimum Gasteiger partial charge on any atom is -0.325 e. The molecule has 1 aliphatic heterocycles. The molecule has 1 saturated carbocycles. The van der Waals surface area contributed by atoms with E-state index in [1.165, 1.54) is 11.6 Å². The molecule has 6 rings (SSSR count). The van der Waals surface area contributed by atoms with Crippen molar-refractivity contribution in [1.29, 1.82) is 0 Å². The summed E-state index contributed by atoms with van der Waals surface area (Å²) in [5.41, 5.74) is 3.60. The summed E-state index contributed by atoms with van der Waals surface area (Å²) in [6, 6.07) is 7.26. The topological polar surface area (TPSA) is 75.0 Å². The third kappa shape index (κ3) is 5.23. The number of imidazole rings is 1. The number of fused-ring (bicyclic) bond motifs is 2. The van der Waals surface area contributed by atoms with E-state index in [1.54, 1.807) is 6.07 Å². The molecule has 0 radical (unpaired) electrons. The first-order valence-electron chi connectivity index (χ1n) is 13.6. The highest BCUT2D eigenvalue weighted by Crippen LogP contribution is 2.42. The average Bonchev–Trinajstić information content (AvgIpc) is 3.70. The molecular weight excluding hydrogens is 498 g/mol.